The normalized spacial score (nSPS) is 9.95. The van der Waals surface area contributed by atoms with E-state index in [-0.39, 0.29) is 6.61 Å². The summed E-state index contributed by atoms with van der Waals surface area (Å²) >= 11 is 1.54. The number of methoxy groups -OCH3 is 1. The van der Waals surface area contributed by atoms with Gasteiger partial charge in [0.2, 0.25) is 5.16 Å². The summed E-state index contributed by atoms with van der Waals surface area (Å²) in [7, 11) is 3.40. The molecule has 0 atom stereocenters. The van der Waals surface area contributed by atoms with E-state index in [1.807, 2.05) is 18.2 Å². The van der Waals surface area contributed by atoms with Crippen molar-refractivity contribution in [2.45, 2.75) is 10.9 Å². The van der Waals surface area contributed by atoms with Crippen molar-refractivity contribution >= 4 is 11.8 Å². The largest absolute Gasteiger partial charge is 0.495 e. The lowest BCUT2D eigenvalue weighted by Gasteiger charge is -2.06. The van der Waals surface area contributed by atoms with Crippen molar-refractivity contribution in [2.75, 3.05) is 13.7 Å². The van der Waals surface area contributed by atoms with Crippen LogP contribution >= 0.6 is 11.8 Å². The number of hydrogen-bond acceptors (Lipinski definition) is 6. The number of thioether (sulfide) groups is 1. The Morgan fingerprint density at radius 2 is 2.30 bits per heavy atom. The fourth-order valence-corrected chi connectivity index (χ4v) is 2.36. The predicted molar refractivity (Wildman–Crippen MR) is 75.3 cm³/mol. The molecule has 7 heteroatoms. The third kappa shape index (κ3) is 3.50. The number of aliphatic hydroxyl groups is 1. The van der Waals surface area contributed by atoms with E-state index in [1.54, 1.807) is 30.6 Å². The highest BCUT2D eigenvalue weighted by Crippen LogP contribution is 2.24. The lowest BCUT2D eigenvalue weighted by atomic mass is 10.1. The number of ether oxygens (including phenoxy) is 1. The smallest absolute Gasteiger partial charge is 0.209 e. The Morgan fingerprint density at radius 3 is 2.95 bits per heavy atom. The second-order valence-corrected chi connectivity index (χ2v) is 4.81. The minimum Gasteiger partial charge on any atom is -0.495 e. The number of aryl methyl sites for hydroxylation is 1. The van der Waals surface area contributed by atoms with E-state index in [1.165, 1.54) is 0 Å². The molecule has 20 heavy (non-hydrogen) atoms. The zero-order valence-electron chi connectivity index (χ0n) is 11.2. The van der Waals surface area contributed by atoms with E-state index in [0.717, 1.165) is 22.0 Å². The summed E-state index contributed by atoms with van der Waals surface area (Å²) in [5.74, 6) is 6.93. The monoisotopic (exact) mass is 290 g/mol. The van der Waals surface area contributed by atoms with Crippen LogP contribution < -0.4 is 4.74 Å². The van der Waals surface area contributed by atoms with Crippen molar-refractivity contribution in [3.05, 3.63) is 29.3 Å². The third-order valence-corrected chi connectivity index (χ3v) is 3.60. The highest BCUT2D eigenvalue weighted by molar-refractivity contribution is 7.98. The predicted octanol–water partition coefficient (Wildman–Crippen LogP) is 0.855. The highest BCUT2D eigenvalue weighted by Gasteiger charge is 2.06. The van der Waals surface area contributed by atoms with Gasteiger partial charge in [0.1, 0.15) is 12.4 Å². The Hall–Kier alpha value is -2.04. The molecule has 0 amide bonds. The maximum absolute atomic E-state index is 8.78. The van der Waals surface area contributed by atoms with E-state index in [4.69, 9.17) is 9.84 Å². The van der Waals surface area contributed by atoms with Crippen LogP contribution in [0.3, 0.4) is 0 Å². The second kappa shape index (κ2) is 6.93. The number of aromatic nitrogens is 4. The molecule has 0 unspecified atom stereocenters. The van der Waals surface area contributed by atoms with Crippen molar-refractivity contribution in [1.82, 2.24) is 20.2 Å². The SMILES string of the molecule is COc1ccc(CSc2nnnn2C)cc1C#CCO. The maximum atomic E-state index is 8.78. The molecule has 2 rings (SSSR count). The summed E-state index contributed by atoms with van der Waals surface area (Å²) in [4.78, 5) is 0. The van der Waals surface area contributed by atoms with Crippen LogP contribution in [0.2, 0.25) is 0 Å². The molecule has 104 valence electrons. The van der Waals surface area contributed by atoms with Gasteiger partial charge in [-0.05, 0) is 28.1 Å². The molecule has 1 N–H and O–H groups in total. The molecule has 0 saturated carbocycles. The van der Waals surface area contributed by atoms with Crippen LogP contribution in [-0.2, 0) is 12.8 Å². The average molecular weight is 290 g/mol. The standard InChI is InChI=1S/C13H14N4O2S/c1-17-13(14-15-16-17)20-9-10-5-6-12(19-2)11(8-10)4-3-7-18/h5-6,8,18H,7,9H2,1-2H3. The Balaban J connectivity index is 2.14. The van der Waals surface area contributed by atoms with Gasteiger partial charge < -0.3 is 9.84 Å². The van der Waals surface area contributed by atoms with Crippen LogP contribution in [0, 0.1) is 11.8 Å². The molecular weight excluding hydrogens is 276 g/mol. The zero-order chi connectivity index (χ0) is 14.4. The molecule has 0 aliphatic rings. The van der Waals surface area contributed by atoms with E-state index < -0.39 is 0 Å². The Kier molecular flexibility index (Phi) is 4.98. The molecule has 6 nitrogen and oxygen atoms in total. The molecule has 1 aromatic carbocycles. The van der Waals surface area contributed by atoms with E-state index >= 15 is 0 Å². The lowest BCUT2D eigenvalue weighted by Crippen LogP contribution is -1.94. The molecule has 0 spiro atoms. The first-order chi connectivity index (χ1) is 9.74. The summed E-state index contributed by atoms with van der Waals surface area (Å²) in [5.41, 5.74) is 1.84. The molecule has 0 aliphatic carbocycles. The van der Waals surface area contributed by atoms with E-state index in [2.05, 4.69) is 27.4 Å². The van der Waals surface area contributed by atoms with Crippen molar-refractivity contribution in [2.24, 2.45) is 7.05 Å². The number of tetrazole rings is 1. The van der Waals surface area contributed by atoms with Gasteiger partial charge in [-0.1, -0.05) is 29.7 Å². The summed E-state index contributed by atoms with van der Waals surface area (Å²) in [5, 5.41) is 20.8. The van der Waals surface area contributed by atoms with Crippen LogP contribution in [0.5, 0.6) is 5.75 Å². The van der Waals surface area contributed by atoms with Crippen molar-refractivity contribution in [3.63, 3.8) is 0 Å². The van der Waals surface area contributed by atoms with Crippen LogP contribution in [-0.4, -0.2) is 39.0 Å². The molecule has 0 fully saturated rings. The van der Waals surface area contributed by atoms with Crippen molar-refractivity contribution in [1.29, 1.82) is 0 Å². The van der Waals surface area contributed by atoms with Gasteiger partial charge in [-0.25, -0.2) is 4.68 Å². The minimum absolute atomic E-state index is 0.174. The zero-order valence-corrected chi connectivity index (χ0v) is 12.0. The van der Waals surface area contributed by atoms with E-state index in [9.17, 15) is 0 Å². The Labute approximate surface area is 121 Å². The number of nitrogens with zero attached hydrogens (tertiary/aromatic N) is 4. The lowest BCUT2D eigenvalue weighted by molar-refractivity contribution is 0.350. The third-order valence-electron chi connectivity index (χ3n) is 2.52. The van der Waals surface area contributed by atoms with Crippen LogP contribution in [0.15, 0.2) is 23.4 Å². The molecule has 1 heterocycles. The van der Waals surface area contributed by atoms with Crippen molar-refractivity contribution in [3.8, 4) is 17.6 Å². The van der Waals surface area contributed by atoms with Gasteiger partial charge >= 0.3 is 0 Å². The molecule has 0 bridgehead atoms. The van der Waals surface area contributed by atoms with Gasteiger partial charge in [0.05, 0.1) is 12.7 Å². The Morgan fingerprint density at radius 1 is 1.45 bits per heavy atom. The average Bonchev–Trinajstić information content (AvgIpc) is 2.88. The van der Waals surface area contributed by atoms with Crippen LogP contribution in [0.25, 0.3) is 0 Å². The first-order valence-electron chi connectivity index (χ1n) is 5.86. The van der Waals surface area contributed by atoms with Gasteiger partial charge in [0, 0.05) is 12.8 Å². The number of aliphatic hydroxyl groups excluding tert-OH is 1. The molecule has 0 radical (unpaired) electrons. The maximum Gasteiger partial charge on any atom is 0.209 e. The number of rotatable bonds is 4. The molecular formula is C13H14N4O2S. The first-order valence-corrected chi connectivity index (χ1v) is 6.85. The summed E-state index contributed by atoms with van der Waals surface area (Å²) in [6.45, 7) is -0.174. The quantitative estimate of drug-likeness (QED) is 0.665. The molecule has 0 aliphatic heterocycles. The van der Waals surface area contributed by atoms with Gasteiger partial charge in [0.25, 0.3) is 0 Å². The summed E-state index contributed by atoms with van der Waals surface area (Å²) in [6.07, 6.45) is 0. The topological polar surface area (TPSA) is 73.1 Å². The number of hydrogen-bond donors (Lipinski definition) is 1. The van der Waals surface area contributed by atoms with Gasteiger partial charge in [0.15, 0.2) is 0 Å². The second-order valence-electron chi connectivity index (χ2n) is 3.87. The van der Waals surface area contributed by atoms with Gasteiger partial charge in [-0.15, -0.1) is 5.10 Å². The fraction of sp³-hybridized carbons (Fsp3) is 0.308. The van der Waals surface area contributed by atoms with Gasteiger partial charge in [-0.2, -0.15) is 0 Å². The van der Waals surface area contributed by atoms with E-state index in [0.29, 0.717) is 5.75 Å². The summed E-state index contributed by atoms with van der Waals surface area (Å²) < 4.78 is 6.87. The highest BCUT2D eigenvalue weighted by atomic mass is 32.2. The van der Waals surface area contributed by atoms with Gasteiger partial charge in [-0.3, -0.25) is 0 Å². The Bertz CT molecular complexity index is 645. The fourth-order valence-electron chi connectivity index (χ4n) is 1.57. The molecule has 0 saturated heterocycles. The summed E-state index contributed by atoms with van der Waals surface area (Å²) in [6, 6.07) is 5.78. The number of benzene rings is 1. The minimum atomic E-state index is -0.174. The van der Waals surface area contributed by atoms with Crippen molar-refractivity contribution < 1.29 is 9.84 Å². The molecule has 1 aromatic heterocycles. The van der Waals surface area contributed by atoms with Crippen LogP contribution in [0.1, 0.15) is 11.1 Å². The molecule has 2 aromatic rings. The van der Waals surface area contributed by atoms with Crippen LogP contribution in [0.4, 0.5) is 0 Å². The first kappa shape index (κ1) is 14.4.